The van der Waals surface area contributed by atoms with Crippen molar-refractivity contribution in [3.63, 3.8) is 0 Å². The van der Waals surface area contributed by atoms with E-state index in [0.29, 0.717) is 6.04 Å². The average Bonchev–Trinajstić information content (AvgIpc) is 2.73. The van der Waals surface area contributed by atoms with E-state index >= 15 is 0 Å². The van der Waals surface area contributed by atoms with Crippen molar-refractivity contribution >= 4 is 5.97 Å². The molecule has 2 unspecified atom stereocenters. The number of carboxylic acid groups (broad SMARTS) is 1. The predicted molar refractivity (Wildman–Crippen MR) is 75.2 cm³/mol. The molecule has 0 aromatic carbocycles. The van der Waals surface area contributed by atoms with E-state index in [-0.39, 0.29) is 17.8 Å². The maximum Gasteiger partial charge on any atom is 0.303 e. The van der Waals surface area contributed by atoms with E-state index in [4.69, 9.17) is 5.11 Å². The second kappa shape index (κ2) is 5.52. The summed E-state index contributed by atoms with van der Waals surface area (Å²) in [5.41, 5.74) is 2.10. The van der Waals surface area contributed by atoms with Gasteiger partial charge in [-0.3, -0.25) is 4.79 Å². The molecule has 0 aliphatic heterocycles. The number of nitrogens with zero attached hydrogens (tertiary/aromatic N) is 3. The van der Waals surface area contributed by atoms with Gasteiger partial charge < -0.3 is 10.4 Å². The molecule has 112 valence electrons. The van der Waals surface area contributed by atoms with Gasteiger partial charge in [-0.1, -0.05) is 19.1 Å². The van der Waals surface area contributed by atoms with E-state index < -0.39 is 5.97 Å². The molecule has 6 heteroatoms. The summed E-state index contributed by atoms with van der Waals surface area (Å²) in [7, 11) is 0. The van der Waals surface area contributed by atoms with Gasteiger partial charge in [-0.15, -0.1) is 5.10 Å². The minimum atomic E-state index is -0.703. The Bertz CT molecular complexity index is 495. The van der Waals surface area contributed by atoms with Crippen LogP contribution in [0, 0.1) is 18.3 Å². The van der Waals surface area contributed by atoms with Gasteiger partial charge in [0.05, 0.1) is 11.4 Å². The highest BCUT2D eigenvalue weighted by Crippen LogP contribution is 2.48. The van der Waals surface area contributed by atoms with Crippen LogP contribution in [0.15, 0.2) is 0 Å². The van der Waals surface area contributed by atoms with Gasteiger partial charge in [0.2, 0.25) is 0 Å². The number of hydrogen-bond acceptors (Lipinski definition) is 4. The van der Waals surface area contributed by atoms with Gasteiger partial charge in [-0.05, 0) is 31.6 Å². The summed E-state index contributed by atoms with van der Waals surface area (Å²) in [6.07, 6.45) is 1.19. The van der Waals surface area contributed by atoms with Gasteiger partial charge in [0.25, 0.3) is 0 Å². The van der Waals surface area contributed by atoms with Crippen LogP contribution in [0.1, 0.15) is 45.0 Å². The molecule has 0 spiro atoms. The zero-order valence-corrected chi connectivity index (χ0v) is 12.7. The first-order chi connectivity index (χ1) is 9.36. The largest absolute Gasteiger partial charge is 0.481 e. The van der Waals surface area contributed by atoms with Crippen LogP contribution in [-0.2, 0) is 17.9 Å². The first-order valence-corrected chi connectivity index (χ1v) is 7.20. The zero-order valence-electron chi connectivity index (χ0n) is 12.7. The second-order valence-electron chi connectivity index (χ2n) is 6.22. The lowest BCUT2D eigenvalue weighted by molar-refractivity contribution is -0.142. The molecule has 2 rings (SSSR count). The molecule has 1 aromatic rings. The molecule has 1 heterocycles. The maximum absolute atomic E-state index is 10.8. The van der Waals surface area contributed by atoms with Gasteiger partial charge in [-0.25, -0.2) is 4.68 Å². The molecule has 1 fully saturated rings. The van der Waals surface area contributed by atoms with E-state index in [2.05, 4.69) is 29.5 Å². The van der Waals surface area contributed by atoms with Crippen molar-refractivity contribution in [2.45, 2.75) is 59.7 Å². The third-order valence-electron chi connectivity index (χ3n) is 4.74. The summed E-state index contributed by atoms with van der Waals surface area (Å²) >= 11 is 0. The Balaban J connectivity index is 1.93. The SMILES string of the molecule is CCn1nnc(C)c1CNC1CC(CC(=O)O)C1(C)C. The molecule has 1 aliphatic rings. The van der Waals surface area contributed by atoms with Gasteiger partial charge in [0.15, 0.2) is 0 Å². The minimum Gasteiger partial charge on any atom is -0.481 e. The number of carbonyl (C=O) groups is 1. The fourth-order valence-electron chi connectivity index (χ4n) is 3.03. The fraction of sp³-hybridized carbons (Fsp3) is 0.786. The monoisotopic (exact) mass is 280 g/mol. The number of aromatic nitrogens is 3. The second-order valence-corrected chi connectivity index (χ2v) is 6.22. The molecule has 0 radical (unpaired) electrons. The molecule has 0 saturated heterocycles. The molecule has 2 N–H and O–H groups in total. The van der Waals surface area contributed by atoms with E-state index in [1.807, 2.05) is 18.5 Å². The lowest BCUT2D eigenvalue weighted by Gasteiger charge is -2.52. The van der Waals surface area contributed by atoms with Gasteiger partial charge in [-0.2, -0.15) is 0 Å². The molecule has 0 bridgehead atoms. The van der Waals surface area contributed by atoms with Crippen LogP contribution in [0.3, 0.4) is 0 Å². The van der Waals surface area contributed by atoms with Crippen molar-refractivity contribution in [3.8, 4) is 0 Å². The summed E-state index contributed by atoms with van der Waals surface area (Å²) in [5.74, 6) is -0.446. The quantitative estimate of drug-likeness (QED) is 0.827. The number of hydrogen-bond donors (Lipinski definition) is 2. The molecule has 1 aromatic heterocycles. The molecule has 0 amide bonds. The van der Waals surface area contributed by atoms with Crippen molar-refractivity contribution in [1.82, 2.24) is 20.3 Å². The smallest absolute Gasteiger partial charge is 0.303 e. The first-order valence-electron chi connectivity index (χ1n) is 7.20. The highest BCUT2D eigenvalue weighted by Gasteiger charge is 2.48. The highest BCUT2D eigenvalue weighted by atomic mass is 16.4. The van der Waals surface area contributed by atoms with Gasteiger partial charge in [0, 0.05) is 25.6 Å². The first kappa shape index (κ1) is 15.0. The zero-order chi connectivity index (χ0) is 14.9. The lowest BCUT2D eigenvalue weighted by atomic mass is 9.57. The van der Waals surface area contributed by atoms with Crippen LogP contribution in [-0.4, -0.2) is 32.1 Å². The summed E-state index contributed by atoms with van der Waals surface area (Å²) < 4.78 is 1.91. The van der Waals surface area contributed by atoms with E-state index in [1.165, 1.54) is 0 Å². The van der Waals surface area contributed by atoms with Crippen molar-refractivity contribution in [1.29, 1.82) is 0 Å². The van der Waals surface area contributed by atoms with Crippen molar-refractivity contribution in [3.05, 3.63) is 11.4 Å². The predicted octanol–water partition coefficient (Wildman–Crippen LogP) is 1.59. The number of aliphatic carboxylic acids is 1. The minimum absolute atomic E-state index is 0.0246. The Morgan fingerprint density at radius 3 is 2.80 bits per heavy atom. The van der Waals surface area contributed by atoms with Crippen molar-refractivity contribution in [2.75, 3.05) is 0 Å². The molecule has 1 saturated carbocycles. The van der Waals surface area contributed by atoms with E-state index in [0.717, 1.165) is 30.9 Å². The summed E-state index contributed by atoms with van der Waals surface area (Å²) in [4.78, 5) is 10.8. The number of aryl methyl sites for hydroxylation is 2. The third-order valence-corrected chi connectivity index (χ3v) is 4.74. The van der Waals surface area contributed by atoms with Crippen LogP contribution >= 0.6 is 0 Å². The molecule has 6 nitrogen and oxygen atoms in total. The molecular weight excluding hydrogens is 256 g/mol. The Kier molecular flexibility index (Phi) is 4.13. The van der Waals surface area contributed by atoms with Crippen LogP contribution < -0.4 is 5.32 Å². The highest BCUT2D eigenvalue weighted by molar-refractivity contribution is 5.67. The van der Waals surface area contributed by atoms with Crippen LogP contribution in [0.2, 0.25) is 0 Å². The average molecular weight is 280 g/mol. The lowest BCUT2D eigenvalue weighted by Crippen LogP contribution is -2.57. The molecule has 20 heavy (non-hydrogen) atoms. The third kappa shape index (κ3) is 2.70. The van der Waals surface area contributed by atoms with Gasteiger partial charge >= 0.3 is 5.97 Å². The fourth-order valence-corrected chi connectivity index (χ4v) is 3.03. The summed E-state index contributed by atoms with van der Waals surface area (Å²) in [6, 6.07) is 0.353. The van der Waals surface area contributed by atoms with Crippen molar-refractivity contribution < 1.29 is 9.90 Å². The molecule has 1 aliphatic carbocycles. The van der Waals surface area contributed by atoms with Gasteiger partial charge in [0.1, 0.15) is 0 Å². The van der Waals surface area contributed by atoms with E-state index in [1.54, 1.807) is 0 Å². The Morgan fingerprint density at radius 2 is 2.25 bits per heavy atom. The van der Waals surface area contributed by atoms with Crippen LogP contribution in [0.4, 0.5) is 0 Å². The normalized spacial score (nSPS) is 24.4. The maximum atomic E-state index is 10.8. The Hall–Kier alpha value is -1.43. The molecular formula is C14H24N4O2. The number of rotatable bonds is 6. The topological polar surface area (TPSA) is 80.0 Å². The number of carboxylic acids is 1. The van der Waals surface area contributed by atoms with Crippen LogP contribution in [0.5, 0.6) is 0 Å². The molecule has 2 atom stereocenters. The Morgan fingerprint density at radius 1 is 1.55 bits per heavy atom. The summed E-state index contributed by atoms with van der Waals surface area (Å²) in [6.45, 7) is 9.85. The van der Waals surface area contributed by atoms with E-state index in [9.17, 15) is 4.79 Å². The van der Waals surface area contributed by atoms with Crippen molar-refractivity contribution in [2.24, 2.45) is 11.3 Å². The standard InChI is InChI=1S/C14H24N4O2/c1-5-18-11(9(2)16-17-18)8-15-12-6-10(7-13(19)20)14(12,3)4/h10,12,15H,5-8H2,1-4H3,(H,19,20). The summed E-state index contributed by atoms with van der Waals surface area (Å²) in [5, 5.41) is 20.6. The van der Waals surface area contributed by atoms with Crippen LogP contribution in [0.25, 0.3) is 0 Å². The Labute approximate surface area is 119 Å². The number of nitrogens with one attached hydrogen (secondary N) is 1.